The highest BCUT2D eigenvalue weighted by molar-refractivity contribution is 6.34. The van der Waals surface area contributed by atoms with Gasteiger partial charge in [-0.3, -0.25) is 0 Å². The lowest BCUT2D eigenvalue weighted by atomic mass is 9.86. The van der Waals surface area contributed by atoms with Gasteiger partial charge in [-0.25, -0.2) is 0 Å². The number of hydrogen-bond acceptors (Lipinski definition) is 2. The summed E-state index contributed by atoms with van der Waals surface area (Å²) in [5.41, 5.74) is 1.32. The molecule has 0 saturated heterocycles. The van der Waals surface area contributed by atoms with E-state index in [1.807, 2.05) is 13.1 Å². The van der Waals surface area contributed by atoms with Gasteiger partial charge in [-0.15, -0.1) is 0 Å². The van der Waals surface area contributed by atoms with Gasteiger partial charge >= 0.3 is 0 Å². The lowest BCUT2D eigenvalue weighted by molar-refractivity contribution is 0.324. The van der Waals surface area contributed by atoms with E-state index in [1.165, 1.54) is 0 Å². The maximum absolute atomic E-state index is 6.23. The van der Waals surface area contributed by atoms with Gasteiger partial charge in [0.25, 0.3) is 0 Å². The highest BCUT2D eigenvalue weighted by Gasteiger charge is 2.18. The Morgan fingerprint density at radius 2 is 1.89 bits per heavy atom. The Kier molecular flexibility index (Phi) is 5.77. The number of ether oxygens (including phenoxy) is 1. The zero-order valence-electron chi connectivity index (χ0n) is 11.4. The van der Waals surface area contributed by atoms with Crippen molar-refractivity contribution in [2.75, 3.05) is 20.7 Å². The van der Waals surface area contributed by atoms with Crippen LogP contribution in [-0.4, -0.2) is 20.7 Å². The standard InChI is InChI=1S/C14H21Cl2NO/c1-14(2,9-17-3)6-5-10-7-12(16)13(18-4)8-11(10)15/h7-8,17H,5-6,9H2,1-4H3. The third kappa shape index (κ3) is 4.34. The van der Waals surface area contributed by atoms with Crippen molar-refractivity contribution in [1.29, 1.82) is 0 Å². The third-order valence-corrected chi connectivity index (χ3v) is 3.69. The van der Waals surface area contributed by atoms with Crippen LogP contribution >= 0.6 is 23.2 Å². The smallest absolute Gasteiger partial charge is 0.138 e. The monoisotopic (exact) mass is 289 g/mol. The van der Waals surface area contributed by atoms with Crippen molar-refractivity contribution in [1.82, 2.24) is 5.32 Å². The zero-order chi connectivity index (χ0) is 13.8. The molecule has 1 N–H and O–H groups in total. The molecule has 0 saturated carbocycles. The van der Waals surface area contributed by atoms with E-state index in [-0.39, 0.29) is 5.41 Å². The number of hydrogen-bond donors (Lipinski definition) is 1. The SMILES string of the molecule is CNCC(C)(C)CCc1cc(Cl)c(OC)cc1Cl. The van der Waals surface area contributed by atoms with Crippen molar-refractivity contribution in [2.24, 2.45) is 5.41 Å². The van der Waals surface area contributed by atoms with E-state index in [4.69, 9.17) is 27.9 Å². The summed E-state index contributed by atoms with van der Waals surface area (Å²) >= 11 is 12.3. The minimum Gasteiger partial charge on any atom is -0.495 e. The summed E-state index contributed by atoms with van der Waals surface area (Å²) in [6, 6.07) is 3.68. The van der Waals surface area contributed by atoms with E-state index < -0.39 is 0 Å². The van der Waals surface area contributed by atoms with Crippen LogP contribution in [0.15, 0.2) is 12.1 Å². The van der Waals surface area contributed by atoms with Gasteiger partial charge in [0.15, 0.2) is 0 Å². The van der Waals surface area contributed by atoms with Crippen LogP contribution in [0.1, 0.15) is 25.8 Å². The molecule has 0 aliphatic heterocycles. The average molecular weight is 290 g/mol. The molecule has 1 aromatic carbocycles. The van der Waals surface area contributed by atoms with Crippen molar-refractivity contribution < 1.29 is 4.74 Å². The van der Waals surface area contributed by atoms with Crippen LogP contribution in [0.3, 0.4) is 0 Å². The summed E-state index contributed by atoms with van der Waals surface area (Å²) < 4.78 is 5.14. The predicted octanol–water partition coefficient (Wildman–Crippen LogP) is 4.18. The summed E-state index contributed by atoms with van der Waals surface area (Å²) in [4.78, 5) is 0. The summed E-state index contributed by atoms with van der Waals surface area (Å²) in [6.45, 7) is 5.46. The first-order chi connectivity index (χ1) is 8.39. The van der Waals surface area contributed by atoms with E-state index in [0.29, 0.717) is 10.8 Å². The Morgan fingerprint density at radius 1 is 1.22 bits per heavy atom. The maximum Gasteiger partial charge on any atom is 0.138 e. The molecule has 0 bridgehead atoms. The number of benzene rings is 1. The van der Waals surface area contributed by atoms with E-state index >= 15 is 0 Å². The van der Waals surface area contributed by atoms with Crippen molar-refractivity contribution in [2.45, 2.75) is 26.7 Å². The highest BCUT2D eigenvalue weighted by atomic mass is 35.5. The molecule has 4 heteroatoms. The topological polar surface area (TPSA) is 21.3 Å². The average Bonchev–Trinajstić information content (AvgIpc) is 2.29. The largest absolute Gasteiger partial charge is 0.495 e. The van der Waals surface area contributed by atoms with Gasteiger partial charge in [-0.2, -0.15) is 0 Å². The molecule has 0 amide bonds. The van der Waals surface area contributed by atoms with Gasteiger partial charge in [0.2, 0.25) is 0 Å². The van der Waals surface area contributed by atoms with Gasteiger partial charge in [-0.1, -0.05) is 37.0 Å². The summed E-state index contributed by atoms with van der Waals surface area (Å²) in [5.74, 6) is 0.625. The zero-order valence-corrected chi connectivity index (χ0v) is 13.0. The molecule has 18 heavy (non-hydrogen) atoms. The normalized spacial score (nSPS) is 11.7. The number of nitrogens with one attached hydrogen (secondary N) is 1. The lowest BCUT2D eigenvalue weighted by Crippen LogP contribution is -2.27. The Labute approximate surface area is 120 Å². The van der Waals surface area contributed by atoms with E-state index in [1.54, 1.807) is 13.2 Å². The van der Waals surface area contributed by atoms with Crippen LogP contribution < -0.4 is 10.1 Å². The molecule has 2 nitrogen and oxygen atoms in total. The van der Waals surface area contributed by atoms with Crippen LogP contribution in [0.5, 0.6) is 5.75 Å². The van der Waals surface area contributed by atoms with E-state index in [2.05, 4.69) is 19.2 Å². The fourth-order valence-electron chi connectivity index (χ4n) is 1.96. The second-order valence-corrected chi connectivity index (χ2v) is 6.09. The molecule has 0 heterocycles. The quantitative estimate of drug-likeness (QED) is 0.848. The van der Waals surface area contributed by atoms with Gasteiger partial charge < -0.3 is 10.1 Å². The lowest BCUT2D eigenvalue weighted by Gasteiger charge is -2.24. The summed E-state index contributed by atoms with van der Waals surface area (Å²) in [7, 11) is 3.56. The summed E-state index contributed by atoms with van der Waals surface area (Å²) in [5, 5.41) is 4.54. The fourth-order valence-corrected chi connectivity index (χ4v) is 2.47. The first kappa shape index (κ1) is 15.6. The molecule has 0 aliphatic rings. The van der Waals surface area contributed by atoms with Crippen molar-refractivity contribution in [3.63, 3.8) is 0 Å². The van der Waals surface area contributed by atoms with Gasteiger partial charge in [0.05, 0.1) is 12.1 Å². The van der Waals surface area contributed by atoms with Gasteiger partial charge in [0, 0.05) is 11.1 Å². The molecule has 1 aromatic rings. The van der Waals surface area contributed by atoms with Crippen LogP contribution in [-0.2, 0) is 6.42 Å². The van der Waals surface area contributed by atoms with Crippen molar-refractivity contribution >= 4 is 23.2 Å². The number of rotatable bonds is 6. The number of methoxy groups -OCH3 is 1. The maximum atomic E-state index is 6.23. The molecule has 0 spiro atoms. The molecular formula is C14H21Cl2NO. The molecule has 0 unspecified atom stereocenters. The van der Waals surface area contributed by atoms with Gasteiger partial charge in [0.1, 0.15) is 5.75 Å². The predicted molar refractivity (Wildman–Crippen MR) is 79.0 cm³/mol. The minimum absolute atomic E-state index is 0.241. The molecule has 102 valence electrons. The molecular weight excluding hydrogens is 269 g/mol. The first-order valence-electron chi connectivity index (χ1n) is 6.06. The minimum atomic E-state index is 0.241. The Hall–Kier alpha value is -0.440. The van der Waals surface area contributed by atoms with Crippen LogP contribution in [0, 0.1) is 5.41 Å². The number of aryl methyl sites for hydroxylation is 1. The van der Waals surface area contributed by atoms with Crippen molar-refractivity contribution in [3.05, 3.63) is 27.7 Å². The third-order valence-electron chi connectivity index (χ3n) is 3.05. The molecule has 1 rings (SSSR count). The second-order valence-electron chi connectivity index (χ2n) is 5.27. The first-order valence-corrected chi connectivity index (χ1v) is 6.82. The number of halogens is 2. The summed E-state index contributed by atoms with van der Waals surface area (Å²) in [6.07, 6.45) is 1.97. The molecule has 0 aliphatic carbocycles. The molecule has 0 atom stereocenters. The molecule has 0 aromatic heterocycles. The van der Waals surface area contributed by atoms with Gasteiger partial charge in [-0.05, 0) is 43.5 Å². The second kappa shape index (κ2) is 6.65. The Balaban J connectivity index is 2.77. The Bertz CT molecular complexity index is 405. The van der Waals surface area contributed by atoms with E-state index in [0.717, 1.165) is 30.0 Å². The Morgan fingerprint density at radius 3 is 2.44 bits per heavy atom. The van der Waals surface area contributed by atoms with Crippen LogP contribution in [0.25, 0.3) is 0 Å². The van der Waals surface area contributed by atoms with Crippen LogP contribution in [0.2, 0.25) is 10.0 Å². The van der Waals surface area contributed by atoms with E-state index in [9.17, 15) is 0 Å². The molecule has 0 fully saturated rings. The van der Waals surface area contributed by atoms with Crippen LogP contribution in [0.4, 0.5) is 0 Å². The molecule has 0 radical (unpaired) electrons. The van der Waals surface area contributed by atoms with Crippen molar-refractivity contribution in [3.8, 4) is 5.75 Å². The fraction of sp³-hybridized carbons (Fsp3) is 0.571. The highest BCUT2D eigenvalue weighted by Crippen LogP contribution is 2.33.